The average molecular weight is 461 g/mol. The van der Waals surface area contributed by atoms with Crippen molar-refractivity contribution >= 4 is 11.7 Å². The van der Waals surface area contributed by atoms with Crippen LogP contribution in [0.2, 0.25) is 0 Å². The number of hydrogen-bond donors (Lipinski definition) is 2. The van der Waals surface area contributed by atoms with Crippen LogP contribution in [0, 0.1) is 0 Å². The third kappa shape index (κ3) is 9.53. The van der Waals surface area contributed by atoms with E-state index in [9.17, 15) is 4.79 Å². The monoisotopic (exact) mass is 460 g/mol. The number of carbonyl (C=O) groups excluding carboxylic acids is 1. The van der Waals surface area contributed by atoms with Crippen LogP contribution in [0.4, 0.5) is 0 Å². The van der Waals surface area contributed by atoms with E-state index in [2.05, 4.69) is 17.1 Å². The van der Waals surface area contributed by atoms with Gasteiger partial charge in [-0.2, -0.15) is 5.10 Å². The largest absolute Gasteiger partial charge is 0.382 e. The Balaban J connectivity index is 1.80. The van der Waals surface area contributed by atoms with Crippen LogP contribution in [0.25, 0.3) is 0 Å². The second-order valence-electron chi connectivity index (χ2n) is 8.20. The van der Waals surface area contributed by atoms with Gasteiger partial charge in [0, 0.05) is 25.8 Å². The summed E-state index contributed by atoms with van der Waals surface area (Å²) in [6.07, 6.45) is 8.04. The highest BCUT2D eigenvalue weighted by molar-refractivity contribution is 5.97. The molecule has 1 aliphatic carbocycles. The first kappa shape index (κ1) is 26.8. The molecular weight excluding hydrogens is 420 g/mol. The number of hydrogen-bond acceptors (Lipinski definition) is 6. The summed E-state index contributed by atoms with van der Waals surface area (Å²) in [7, 11) is 3.21. The lowest BCUT2D eigenvalue weighted by Crippen LogP contribution is -2.46. The number of rotatable bonds is 15. The molecule has 0 spiro atoms. The van der Waals surface area contributed by atoms with Gasteiger partial charge in [0.25, 0.3) is 0 Å². The third-order valence-corrected chi connectivity index (χ3v) is 5.86. The van der Waals surface area contributed by atoms with E-state index in [4.69, 9.17) is 19.9 Å². The summed E-state index contributed by atoms with van der Waals surface area (Å²) in [6, 6.07) is 8.17. The Kier molecular flexibility index (Phi) is 12.5. The second-order valence-corrected chi connectivity index (χ2v) is 8.20. The molecule has 1 aliphatic rings. The van der Waals surface area contributed by atoms with E-state index in [0.29, 0.717) is 38.6 Å². The number of nitrogens with two attached hydrogens (primary N) is 1. The number of nitrogens with zero attached hydrogens (tertiary/aromatic N) is 2. The van der Waals surface area contributed by atoms with Crippen molar-refractivity contribution in [1.29, 1.82) is 0 Å². The first-order valence-corrected chi connectivity index (χ1v) is 11.8. The summed E-state index contributed by atoms with van der Waals surface area (Å²) in [5.41, 5.74) is 10.8. The molecule has 1 saturated carbocycles. The van der Waals surface area contributed by atoms with Gasteiger partial charge < -0.3 is 30.3 Å². The molecule has 1 amide bonds. The molecule has 8 nitrogen and oxygen atoms in total. The van der Waals surface area contributed by atoms with Crippen molar-refractivity contribution in [3.63, 3.8) is 0 Å². The van der Waals surface area contributed by atoms with Crippen molar-refractivity contribution in [3.8, 4) is 0 Å². The lowest BCUT2D eigenvalue weighted by atomic mass is 9.94. The fourth-order valence-electron chi connectivity index (χ4n) is 3.99. The molecule has 2 rings (SSSR count). The van der Waals surface area contributed by atoms with Crippen molar-refractivity contribution in [2.45, 2.75) is 57.3 Å². The van der Waals surface area contributed by atoms with Crippen LogP contribution in [0.1, 0.15) is 49.7 Å². The molecule has 0 bridgehead atoms. The Bertz CT molecular complexity index is 746. The average Bonchev–Trinajstić information content (AvgIpc) is 2.85. The maximum absolute atomic E-state index is 13.0. The van der Waals surface area contributed by atoms with Gasteiger partial charge in [-0.1, -0.05) is 43.5 Å². The zero-order valence-corrected chi connectivity index (χ0v) is 20.1. The number of nitrogens with one attached hydrogen (secondary N) is 1. The van der Waals surface area contributed by atoms with E-state index in [-0.39, 0.29) is 11.9 Å². The number of amides is 1. The van der Waals surface area contributed by atoms with Crippen molar-refractivity contribution < 1.29 is 19.0 Å². The number of ether oxygens (including phenoxy) is 3. The molecule has 0 aliphatic heterocycles. The third-order valence-electron chi connectivity index (χ3n) is 5.86. The van der Waals surface area contributed by atoms with Gasteiger partial charge in [0.05, 0.1) is 32.7 Å². The molecule has 0 aromatic heterocycles. The molecule has 184 valence electrons. The minimum atomic E-state index is -0.410. The lowest BCUT2D eigenvalue weighted by molar-refractivity contribution is -0.151. The molecule has 0 unspecified atom stereocenters. The maximum Gasteiger partial charge on any atom is 0.225 e. The Morgan fingerprint density at radius 1 is 1.27 bits per heavy atom. The standard InChI is InChI=1S/C25H40N4O4/c1-4-15-27-28-25(26)21-10-8-9-20(18-21)13-16-33-17-14-23(30)29(19-24(31-2)32-3)22-11-6-5-7-12-22/h4,8-10,18,22,24,27H,1,5-7,11-17,19H2,2-3H3,(H2,26,28). The molecule has 8 heteroatoms. The van der Waals surface area contributed by atoms with Crippen molar-refractivity contribution in [2.75, 3.05) is 40.5 Å². The van der Waals surface area contributed by atoms with Gasteiger partial charge in [-0.25, -0.2) is 0 Å². The number of carbonyl (C=O) groups is 1. The number of methoxy groups -OCH3 is 2. The summed E-state index contributed by atoms with van der Waals surface area (Å²) < 4.78 is 16.5. The fourth-order valence-corrected chi connectivity index (χ4v) is 3.99. The lowest BCUT2D eigenvalue weighted by Gasteiger charge is -2.36. The summed E-state index contributed by atoms with van der Waals surface area (Å²) in [4.78, 5) is 14.9. The van der Waals surface area contributed by atoms with Crippen LogP contribution < -0.4 is 11.2 Å². The quantitative estimate of drug-likeness (QED) is 0.104. The van der Waals surface area contributed by atoms with Crippen LogP contribution in [0.15, 0.2) is 42.0 Å². The van der Waals surface area contributed by atoms with E-state index in [0.717, 1.165) is 43.2 Å². The Hall–Kier alpha value is -2.42. The molecule has 1 aromatic rings. The van der Waals surface area contributed by atoms with Gasteiger partial charge in [-0.3, -0.25) is 4.79 Å². The SMILES string of the molecule is C=CCN/N=C(\N)c1cccc(CCOCCC(=O)N(CC(OC)OC)C2CCCCC2)c1. The molecule has 0 heterocycles. The first-order valence-electron chi connectivity index (χ1n) is 11.8. The number of amidine groups is 1. The van der Waals surface area contributed by atoms with Crippen LogP contribution in [0.5, 0.6) is 0 Å². The highest BCUT2D eigenvalue weighted by Gasteiger charge is 2.27. The Morgan fingerprint density at radius 2 is 2.03 bits per heavy atom. The highest BCUT2D eigenvalue weighted by Crippen LogP contribution is 2.23. The van der Waals surface area contributed by atoms with E-state index in [1.54, 1.807) is 20.3 Å². The fraction of sp³-hybridized carbons (Fsp3) is 0.600. The first-order chi connectivity index (χ1) is 16.1. The predicted octanol–water partition coefficient (Wildman–Crippen LogP) is 2.81. The van der Waals surface area contributed by atoms with Gasteiger partial charge in [0.2, 0.25) is 5.91 Å². The predicted molar refractivity (Wildman–Crippen MR) is 131 cm³/mol. The summed E-state index contributed by atoms with van der Waals surface area (Å²) in [5, 5.41) is 4.12. The summed E-state index contributed by atoms with van der Waals surface area (Å²) >= 11 is 0. The van der Waals surface area contributed by atoms with Gasteiger partial charge in [-0.15, -0.1) is 6.58 Å². The maximum atomic E-state index is 13.0. The normalized spacial score (nSPS) is 14.9. The smallest absolute Gasteiger partial charge is 0.225 e. The summed E-state index contributed by atoms with van der Waals surface area (Å²) in [6.45, 7) is 5.57. The minimum absolute atomic E-state index is 0.0963. The Morgan fingerprint density at radius 3 is 2.73 bits per heavy atom. The zero-order chi connectivity index (χ0) is 23.9. The van der Waals surface area contributed by atoms with Crippen molar-refractivity contribution in [1.82, 2.24) is 10.3 Å². The van der Waals surface area contributed by atoms with E-state index < -0.39 is 6.29 Å². The van der Waals surface area contributed by atoms with Gasteiger partial charge >= 0.3 is 0 Å². The van der Waals surface area contributed by atoms with Gasteiger partial charge in [0.1, 0.15) is 0 Å². The molecule has 1 fully saturated rings. The minimum Gasteiger partial charge on any atom is -0.382 e. The molecule has 33 heavy (non-hydrogen) atoms. The highest BCUT2D eigenvalue weighted by atomic mass is 16.7. The molecule has 0 atom stereocenters. The van der Waals surface area contributed by atoms with Crippen LogP contribution in [0.3, 0.4) is 0 Å². The molecule has 1 aromatic carbocycles. The van der Waals surface area contributed by atoms with E-state index in [1.807, 2.05) is 29.2 Å². The van der Waals surface area contributed by atoms with Crippen LogP contribution in [-0.4, -0.2) is 69.5 Å². The molecule has 0 saturated heterocycles. The zero-order valence-electron chi connectivity index (χ0n) is 20.1. The summed E-state index contributed by atoms with van der Waals surface area (Å²) in [5.74, 6) is 0.525. The van der Waals surface area contributed by atoms with E-state index in [1.165, 1.54) is 6.42 Å². The second kappa shape index (κ2) is 15.4. The molecule has 0 radical (unpaired) electrons. The number of hydrazone groups is 1. The van der Waals surface area contributed by atoms with E-state index >= 15 is 0 Å². The Labute approximate surface area is 198 Å². The van der Waals surface area contributed by atoms with Crippen molar-refractivity contribution in [2.24, 2.45) is 10.8 Å². The molecular formula is C25H40N4O4. The number of benzene rings is 1. The van der Waals surface area contributed by atoms with Crippen molar-refractivity contribution in [3.05, 3.63) is 48.0 Å². The van der Waals surface area contributed by atoms with Gasteiger partial charge in [0.15, 0.2) is 12.1 Å². The van der Waals surface area contributed by atoms with Crippen LogP contribution >= 0.6 is 0 Å². The molecule has 3 N–H and O–H groups in total. The van der Waals surface area contributed by atoms with Gasteiger partial charge in [-0.05, 0) is 30.9 Å². The van der Waals surface area contributed by atoms with Crippen LogP contribution in [-0.2, 0) is 25.4 Å². The topological polar surface area (TPSA) is 98.4 Å².